The van der Waals surface area contributed by atoms with Gasteiger partial charge in [0.25, 0.3) is 0 Å². The van der Waals surface area contributed by atoms with E-state index in [2.05, 4.69) is 4.98 Å². The van der Waals surface area contributed by atoms with Crippen LogP contribution in [0.5, 0.6) is 0 Å². The van der Waals surface area contributed by atoms with Crippen LogP contribution in [0.3, 0.4) is 0 Å². The number of hydrogen-bond acceptors (Lipinski definition) is 4. The van der Waals surface area contributed by atoms with Gasteiger partial charge in [-0.15, -0.1) is 0 Å². The summed E-state index contributed by atoms with van der Waals surface area (Å²) >= 11 is 0. The summed E-state index contributed by atoms with van der Waals surface area (Å²) in [6, 6.07) is 7.09. The highest BCUT2D eigenvalue weighted by molar-refractivity contribution is 5.70. The first kappa shape index (κ1) is 12.7. The highest BCUT2D eigenvalue weighted by Gasteiger charge is 2.12. The van der Waals surface area contributed by atoms with Crippen LogP contribution in [0, 0.1) is 10.1 Å². The fraction of sp³-hybridized carbons (Fsp3) is 0.167. The van der Waals surface area contributed by atoms with Gasteiger partial charge in [0.15, 0.2) is 0 Å². The molecule has 2 rings (SSSR count). The van der Waals surface area contributed by atoms with Crippen molar-refractivity contribution >= 4 is 11.8 Å². The number of carbonyl (C=O) groups is 1. The van der Waals surface area contributed by atoms with E-state index in [0.717, 1.165) is 5.56 Å². The quantitative estimate of drug-likeness (QED) is 0.649. The van der Waals surface area contributed by atoms with E-state index in [-0.39, 0.29) is 12.2 Å². The van der Waals surface area contributed by atoms with E-state index in [9.17, 15) is 14.9 Å². The molecule has 0 aliphatic rings. The second-order valence-corrected chi connectivity index (χ2v) is 4.00. The lowest BCUT2D eigenvalue weighted by atomic mass is 10.0. The van der Waals surface area contributed by atoms with Gasteiger partial charge in [0.1, 0.15) is 6.20 Å². The Morgan fingerprint density at radius 1 is 1.37 bits per heavy atom. The van der Waals surface area contributed by atoms with E-state index in [1.165, 1.54) is 12.5 Å². The van der Waals surface area contributed by atoms with E-state index in [0.29, 0.717) is 12.1 Å². The lowest BCUT2D eigenvalue weighted by Crippen LogP contribution is -2.06. The molecule has 0 fully saturated rings. The van der Waals surface area contributed by atoms with Gasteiger partial charge < -0.3 is 19.8 Å². The average molecular weight is 261 g/mol. The Kier molecular flexibility index (Phi) is 3.56. The summed E-state index contributed by atoms with van der Waals surface area (Å²) in [4.78, 5) is 24.4. The summed E-state index contributed by atoms with van der Waals surface area (Å²) in [7, 11) is 0. The van der Waals surface area contributed by atoms with Crippen LogP contribution in [0.2, 0.25) is 0 Å². The Labute approximate surface area is 108 Å². The molecule has 0 saturated heterocycles. The van der Waals surface area contributed by atoms with Crippen molar-refractivity contribution in [3.05, 3.63) is 58.0 Å². The second-order valence-electron chi connectivity index (χ2n) is 4.00. The summed E-state index contributed by atoms with van der Waals surface area (Å²) in [6.45, 7) is 0.351. The highest BCUT2D eigenvalue weighted by atomic mass is 16.6. The topological polar surface area (TPSA) is 98.3 Å². The number of hydrogen-bond donors (Lipinski definition) is 1. The molecular weight excluding hydrogens is 250 g/mol. The molecule has 1 N–H and O–H groups in total. The first-order valence-electron chi connectivity index (χ1n) is 5.51. The number of rotatable bonds is 5. The number of aromatic nitrogens is 2. The molecule has 0 aliphatic carbocycles. The molecule has 1 heterocycles. The maximum absolute atomic E-state index is 10.8. The van der Waals surface area contributed by atoms with Gasteiger partial charge in [0.2, 0.25) is 6.33 Å². The molecule has 7 heteroatoms. The monoisotopic (exact) mass is 261 g/mol. The zero-order valence-corrected chi connectivity index (χ0v) is 9.89. The van der Waals surface area contributed by atoms with Crippen molar-refractivity contribution in [3.63, 3.8) is 0 Å². The first-order chi connectivity index (χ1) is 9.06. The molecule has 0 unspecified atom stereocenters. The molecule has 0 saturated carbocycles. The van der Waals surface area contributed by atoms with Crippen LogP contribution in [0.4, 0.5) is 5.82 Å². The molecule has 1 aromatic heterocycles. The summed E-state index contributed by atoms with van der Waals surface area (Å²) in [5.41, 5.74) is 1.49. The zero-order chi connectivity index (χ0) is 13.8. The summed E-state index contributed by atoms with van der Waals surface area (Å²) in [6.07, 6.45) is 2.60. The van der Waals surface area contributed by atoms with Crippen molar-refractivity contribution < 1.29 is 14.8 Å². The summed E-state index contributed by atoms with van der Waals surface area (Å²) < 4.78 is 1.55. The van der Waals surface area contributed by atoms with Crippen LogP contribution >= 0.6 is 0 Å². The lowest BCUT2D eigenvalue weighted by Gasteiger charge is -2.07. The minimum atomic E-state index is -0.913. The smallest absolute Gasteiger partial charge is 0.381 e. The molecule has 1 aromatic carbocycles. The van der Waals surface area contributed by atoms with Gasteiger partial charge in [-0.25, -0.2) is 0 Å². The van der Waals surface area contributed by atoms with Gasteiger partial charge in [0, 0.05) is 0 Å². The molecule has 0 spiro atoms. The summed E-state index contributed by atoms with van der Waals surface area (Å²) in [5.74, 6) is -1.14. The SMILES string of the molecule is O=C(O)Cc1ccccc1Cn1cnc([N+](=O)[O-])c1. The number of benzene rings is 1. The van der Waals surface area contributed by atoms with Crippen molar-refractivity contribution in [2.75, 3.05) is 0 Å². The van der Waals surface area contributed by atoms with Crippen molar-refractivity contribution in [2.24, 2.45) is 0 Å². The molecule has 19 heavy (non-hydrogen) atoms. The van der Waals surface area contributed by atoms with Crippen LogP contribution in [0.1, 0.15) is 11.1 Å². The van der Waals surface area contributed by atoms with Gasteiger partial charge in [-0.1, -0.05) is 24.3 Å². The van der Waals surface area contributed by atoms with Gasteiger partial charge in [-0.3, -0.25) is 4.79 Å². The first-order valence-corrected chi connectivity index (χ1v) is 5.51. The molecule has 0 aliphatic heterocycles. The minimum Gasteiger partial charge on any atom is -0.481 e. The van der Waals surface area contributed by atoms with E-state index in [1.54, 1.807) is 28.8 Å². The Hall–Kier alpha value is -2.70. The van der Waals surface area contributed by atoms with E-state index < -0.39 is 10.9 Å². The Balaban J connectivity index is 2.22. The van der Waals surface area contributed by atoms with Crippen molar-refractivity contribution in [1.29, 1.82) is 0 Å². The summed E-state index contributed by atoms with van der Waals surface area (Å²) in [5, 5.41) is 19.4. The van der Waals surface area contributed by atoms with Crippen LogP contribution in [0.15, 0.2) is 36.8 Å². The molecule has 98 valence electrons. The molecular formula is C12H11N3O4. The number of aliphatic carboxylic acids is 1. The fourth-order valence-electron chi connectivity index (χ4n) is 1.77. The van der Waals surface area contributed by atoms with Gasteiger partial charge >= 0.3 is 11.8 Å². The van der Waals surface area contributed by atoms with Crippen LogP contribution in [-0.2, 0) is 17.8 Å². The highest BCUT2D eigenvalue weighted by Crippen LogP contribution is 2.13. The standard InChI is InChI=1S/C12H11N3O4/c16-12(17)5-9-3-1-2-4-10(9)6-14-7-11(13-8-14)15(18)19/h1-4,7-8H,5-6H2,(H,16,17). The number of carboxylic acids is 1. The third-order valence-corrected chi connectivity index (χ3v) is 2.62. The largest absolute Gasteiger partial charge is 0.481 e. The van der Waals surface area contributed by atoms with Crippen molar-refractivity contribution in [2.45, 2.75) is 13.0 Å². The molecule has 7 nitrogen and oxygen atoms in total. The fourth-order valence-corrected chi connectivity index (χ4v) is 1.77. The number of carboxylic acid groups (broad SMARTS) is 1. The second kappa shape index (κ2) is 5.30. The van der Waals surface area contributed by atoms with Gasteiger partial charge in [-0.05, 0) is 21.0 Å². The van der Waals surface area contributed by atoms with Crippen LogP contribution in [-0.4, -0.2) is 25.6 Å². The minimum absolute atomic E-state index is 0.0764. The number of nitrogens with zero attached hydrogens (tertiary/aromatic N) is 3. The molecule has 0 amide bonds. The van der Waals surface area contributed by atoms with E-state index in [1.807, 2.05) is 0 Å². The third kappa shape index (κ3) is 3.15. The number of imidazole rings is 1. The van der Waals surface area contributed by atoms with Crippen LogP contribution in [0.25, 0.3) is 0 Å². The van der Waals surface area contributed by atoms with Crippen molar-refractivity contribution in [3.8, 4) is 0 Å². The Morgan fingerprint density at radius 3 is 2.63 bits per heavy atom. The Morgan fingerprint density at radius 2 is 2.05 bits per heavy atom. The van der Waals surface area contributed by atoms with Gasteiger partial charge in [-0.2, -0.15) is 0 Å². The van der Waals surface area contributed by atoms with Gasteiger partial charge in [0.05, 0.1) is 13.0 Å². The maximum atomic E-state index is 10.8. The Bertz CT molecular complexity index is 621. The molecule has 0 atom stereocenters. The normalized spacial score (nSPS) is 10.3. The lowest BCUT2D eigenvalue weighted by molar-refractivity contribution is -0.389. The predicted octanol–water partition coefficient (Wildman–Crippen LogP) is 1.47. The van der Waals surface area contributed by atoms with Crippen LogP contribution < -0.4 is 0 Å². The number of nitro groups is 1. The maximum Gasteiger partial charge on any atom is 0.381 e. The molecule has 0 bridgehead atoms. The third-order valence-electron chi connectivity index (χ3n) is 2.62. The average Bonchev–Trinajstić information content (AvgIpc) is 2.80. The molecule has 0 radical (unpaired) electrons. The predicted molar refractivity (Wildman–Crippen MR) is 65.8 cm³/mol. The van der Waals surface area contributed by atoms with E-state index >= 15 is 0 Å². The van der Waals surface area contributed by atoms with Crippen molar-refractivity contribution in [1.82, 2.24) is 9.55 Å². The zero-order valence-electron chi connectivity index (χ0n) is 9.89. The molecule has 2 aromatic rings. The van der Waals surface area contributed by atoms with E-state index in [4.69, 9.17) is 5.11 Å².